The fourth-order valence-electron chi connectivity index (χ4n) is 3.45. The Kier molecular flexibility index (Phi) is 6.60. The lowest BCUT2D eigenvalue weighted by atomic mass is 9.79. The van der Waals surface area contributed by atoms with Crippen molar-refractivity contribution in [1.29, 1.82) is 0 Å². The number of phenolic OH excluding ortho intramolecular Hbond substituents is 1. The molecule has 3 rings (SSSR count). The number of rotatable bonds is 4. The predicted molar refractivity (Wildman–Crippen MR) is 140 cm³/mol. The van der Waals surface area contributed by atoms with E-state index in [-0.39, 0.29) is 16.6 Å². The Labute approximate surface area is 192 Å². The molecule has 3 aromatic rings. The van der Waals surface area contributed by atoms with E-state index in [2.05, 4.69) is 71.9 Å². The summed E-state index contributed by atoms with van der Waals surface area (Å²) in [6.07, 6.45) is -0.637. The molecule has 0 bridgehead atoms. The maximum Gasteiger partial charge on any atom is 0.128 e. The van der Waals surface area contributed by atoms with Crippen LogP contribution < -0.4 is 10.6 Å². The summed E-state index contributed by atoms with van der Waals surface area (Å²) in [6.45, 7) is 12.9. The topological polar surface area (TPSA) is 32.6 Å². The van der Waals surface area contributed by atoms with Gasteiger partial charge in [0.2, 0.25) is 0 Å². The Morgan fingerprint density at radius 1 is 0.774 bits per heavy atom. The molecule has 0 aliphatic rings. The summed E-state index contributed by atoms with van der Waals surface area (Å²) in [7, 11) is 0. The summed E-state index contributed by atoms with van der Waals surface area (Å²) in [5.41, 5.74) is 2.58. The molecule has 0 radical (unpaired) electrons. The van der Waals surface area contributed by atoms with E-state index in [1.807, 2.05) is 42.5 Å². The number of aromatic hydroxyl groups is 1. The van der Waals surface area contributed by atoms with Crippen molar-refractivity contribution in [2.45, 2.75) is 52.4 Å². The molecular weight excluding hydrogens is 417 g/mol. The summed E-state index contributed by atoms with van der Waals surface area (Å²) in [4.78, 5) is 0. The Morgan fingerprint density at radius 3 is 1.68 bits per heavy atom. The van der Waals surface area contributed by atoms with Gasteiger partial charge in [0.25, 0.3) is 0 Å². The first-order valence-electron chi connectivity index (χ1n) is 10.6. The van der Waals surface area contributed by atoms with E-state index >= 15 is 0 Å². The Hall–Kier alpha value is -2.22. The lowest BCUT2D eigenvalue weighted by molar-refractivity contribution is 0.444. The average Bonchev–Trinajstić information content (AvgIpc) is 2.72. The number of phenols is 1. The van der Waals surface area contributed by atoms with Crippen LogP contribution in [-0.4, -0.2) is 11.3 Å². The summed E-state index contributed by atoms with van der Waals surface area (Å²) < 4.78 is 5.01. The quantitative estimate of drug-likeness (QED) is 0.367. The van der Waals surface area contributed by atoms with Gasteiger partial charge in [-0.05, 0) is 22.5 Å². The third-order valence-corrected chi connectivity index (χ3v) is 9.37. The summed E-state index contributed by atoms with van der Waals surface area (Å²) >= 11 is 6.22. The van der Waals surface area contributed by atoms with Gasteiger partial charge in [-0.15, -0.1) is 0 Å². The smallest absolute Gasteiger partial charge is 0.128 e. The van der Waals surface area contributed by atoms with Crippen LogP contribution in [0.4, 0.5) is 0 Å². The first kappa shape index (κ1) is 23.4. The summed E-state index contributed by atoms with van der Waals surface area (Å²) in [5.74, 6) is 0.284. The van der Waals surface area contributed by atoms with Crippen LogP contribution in [0, 0.1) is 0 Å². The van der Waals surface area contributed by atoms with Gasteiger partial charge in [0.1, 0.15) is 11.9 Å². The van der Waals surface area contributed by atoms with Gasteiger partial charge in [-0.1, -0.05) is 120 Å². The van der Waals surface area contributed by atoms with E-state index in [9.17, 15) is 5.11 Å². The molecule has 162 valence electrons. The number of nitrogens with zero attached hydrogens (tertiary/aromatic N) is 1. The molecule has 0 saturated carbocycles. The normalized spacial score (nSPS) is 13.0. The van der Waals surface area contributed by atoms with Crippen LogP contribution in [0.25, 0.3) is 0 Å². The van der Waals surface area contributed by atoms with Gasteiger partial charge in [-0.2, -0.15) is 0 Å². The molecule has 0 saturated heterocycles. The Balaban J connectivity index is 2.21. The zero-order valence-corrected chi connectivity index (χ0v) is 21.0. The van der Waals surface area contributed by atoms with Crippen molar-refractivity contribution < 1.29 is 5.11 Å². The highest BCUT2D eigenvalue weighted by Gasteiger charge is 2.25. The van der Waals surface area contributed by atoms with Crippen molar-refractivity contribution >= 4 is 34.8 Å². The molecule has 0 spiro atoms. The molecule has 1 N–H and O–H groups in total. The molecule has 0 unspecified atom stereocenters. The van der Waals surface area contributed by atoms with Gasteiger partial charge < -0.3 is 5.11 Å². The van der Waals surface area contributed by atoms with Crippen molar-refractivity contribution in [2.75, 3.05) is 0 Å². The van der Waals surface area contributed by atoms with E-state index in [0.717, 1.165) is 21.7 Å². The largest absolute Gasteiger partial charge is 0.507 e. The predicted octanol–water partition coefficient (Wildman–Crippen LogP) is 6.45. The molecule has 4 heteroatoms. The highest BCUT2D eigenvalue weighted by atomic mass is 32.4. The van der Waals surface area contributed by atoms with Gasteiger partial charge in [0.05, 0.1) is 0 Å². The number of hydrogen-bond donors (Lipinski definition) is 1. The van der Waals surface area contributed by atoms with Crippen molar-refractivity contribution in [2.24, 2.45) is 4.76 Å². The second-order valence-corrected chi connectivity index (χ2v) is 14.0. The lowest BCUT2D eigenvalue weighted by Gasteiger charge is -2.27. The molecule has 0 amide bonds. The maximum atomic E-state index is 11.1. The van der Waals surface area contributed by atoms with Gasteiger partial charge in [0.15, 0.2) is 0 Å². The maximum absolute atomic E-state index is 11.1. The summed E-state index contributed by atoms with van der Waals surface area (Å²) in [6, 6.07) is 24.4. The van der Waals surface area contributed by atoms with Crippen molar-refractivity contribution in [3.05, 3.63) is 89.5 Å². The molecule has 0 aliphatic heterocycles. The van der Waals surface area contributed by atoms with Crippen LogP contribution in [0.15, 0.2) is 77.6 Å². The van der Waals surface area contributed by atoms with Crippen LogP contribution >= 0.6 is 6.19 Å². The van der Waals surface area contributed by atoms with E-state index in [1.54, 1.807) is 6.21 Å². The zero-order chi connectivity index (χ0) is 22.9. The van der Waals surface area contributed by atoms with Crippen LogP contribution in [0.2, 0.25) is 0 Å². The van der Waals surface area contributed by atoms with Crippen molar-refractivity contribution in [3.8, 4) is 5.75 Å². The van der Waals surface area contributed by atoms with Crippen LogP contribution in [0.1, 0.15) is 58.2 Å². The molecular formula is C27H32NOPS. The molecule has 3 aromatic carbocycles. The minimum atomic E-state index is -2.43. The minimum Gasteiger partial charge on any atom is -0.507 e. The molecule has 0 aliphatic carbocycles. The Morgan fingerprint density at radius 2 is 1.26 bits per heavy atom. The molecule has 0 heterocycles. The van der Waals surface area contributed by atoms with Gasteiger partial charge in [0, 0.05) is 28.0 Å². The van der Waals surface area contributed by atoms with Crippen molar-refractivity contribution in [1.82, 2.24) is 0 Å². The number of benzene rings is 3. The Bertz CT molecular complexity index is 1080. The van der Waals surface area contributed by atoms with E-state index in [4.69, 9.17) is 16.6 Å². The average molecular weight is 450 g/mol. The fraction of sp³-hybridized carbons (Fsp3) is 0.296. The SMILES string of the molecule is CC(C)(C)c1cc(/C=N/P(=S)(c2ccccc2)c2ccccc2)c(O)c(C(C)(C)C)c1. The van der Waals surface area contributed by atoms with Crippen LogP contribution in [0.3, 0.4) is 0 Å². The second kappa shape index (κ2) is 8.73. The minimum absolute atomic E-state index is 0.0463. The van der Waals surface area contributed by atoms with Gasteiger partial charge >= 0.3 is 0 Å². The van der Waals surface area contributed by atoms with Crippen molar-refractivity contribution in [3.63, 3.8) is 0 Å². The lowest BCUT2D eigenvalue weighted by Crippen LogP contribution is -2.17. The van der Waals surface area contributed by atoms with E-state index < -0.39 is 6.19 Å². The first-order chi connectivity index (χ1) is 14.4. The highest BCUT2D eigenvalue weighted by molar-refractivity contribution is 8.21. The van der Waals surface area contributed by atoms with Crippen LogP contribution in [0.5, 0.6) is 5.75 Å². The fourth-order valence-corrected chi connectivity index (χ4v) is 6.32. The first-order valence-corrected chi connectivity index (χ1v) is 13.3. The van der Waals surface area contributed by atoms with Crippen LogP contribution in [-0.2, 0) is 22.6 Å². The number of hydrogen-bond acceptors (Lipinski definition) is 2. The molecule has 0 atom stereocenters. The molecule has 0 fully saturated rings. The van der Waals surface area contributed by atoms with Gasteiger partial charge in [-0.3, -0.25) is 4.76 Å². The summed E-state index contributed by atoms with van der Waals surface area (Å²) in [5, 5.41) is 13.2. The van der Waals surface area contributed by atoms with E-state index in [0.29, 0.717) is 0 Å². The third-order valence-electron chi connectivity index (χ3n) is 5.39. The highest BCUT2D eigenvalue weighted by Crippen LogP contribution is 2.46. The third kappa shape index (κ3) is 5.17. The monoisotopic (exact) mass is 449 g/mol. The molecule has 0 aromatic heterocycles. The van der Waals surface area contributed by atoms with E-state index in [1.165, 1.54) is 5.56 Å². The zero-order valence-electron chi connectivity index (χ0n) is 19.3. The standard InChI is InChI=1S/C27H32NOPS/c1-26(2,3)21-17-20(25(29)24(18-21)27(4,5)6)19-28-30(31,22-13-9-7-10-14-22)23-15-11-8-12-16-23/h7-19,29H,1-6H3/b28-19+. The second-order valence-electron chi connectivity index (χ2n) is 9.95. The molecule has 31 heavy (non-hydrogen) atoms. The van der Waals surface area contributed by atoms with Gasteiger partial charge in [-0.25, -0.2) is 0 Å². The molecule has 2 nitrogen and oxygen atoms in total.